The van der Waals surface area contributed by atoms with Gasteiger partial charge in [0, 0.05) is 11.1 Å². The summed E-state index contributed by atoms with van der Waals surface area (Å²) < 4.78 is 5.15. The first kappa shape index (κ1) is 11.8. The van der Waals surface area contributed by atoms with Gasteiger partial charge >= 0.3 is 5.97 Å². The Bertz CT molecular complexity index is 487. The number of ether oxygens (including phenoxy) is 1. The summed E-state index contributed by atoms with van der Waals surface area (Å²) >= 11 is 0. The van der Waals surface area contributed by atoms with Crippen LogP contribution in [0.1, 0.15) is 29.5 Å². The number of aromatic hydroxyl groups is 1. The van der Waals surface area contributed by atoms with E-state index in [1.807, 2.05) is 0 Å². The van der Waals surface area contributed by atoms with E-state index in [2.05, 4.69) is 0 Å². The monoisotopic (exact) mass is 236 g/mol. The molecule has 0 heterocycles. The standard InChI is InChI=1S/C13H16O4/c1-7-6-9(17-3)8(2)11(14)10(7)13(4-5-13)12(15)16/h6,14H,4-5H2,1-3H3,(H,15,16). The van der Waals surface area contributed by atoms with Crippen LogP contribution in [-0.2, 0) is 10.2 Å². The van der Waals surface area contributed by atoms with Crippen molar-refractivity contribution in [1.29, 1.82) is 0 Å². The van der Waals surface area contributed by atoms with Crippen molar-refractivity contribution in [2.45, 2.75) is 32.1 Å². The smallest absolute Gasteiger partial charge is 0.314 e. The molecule has 92 valence electrons. The highest BCUT2D eigenvalue weighted by molar-refractivity contribution is 5.87. The third kappa shape index (κ3) is 1.55. The molecule has 4 nitrogen and oxygen atoms in total. The first-order valence-electron chi connectivity index (χ1n) is 5.55. The van der Waals surface area contributed by atoms with Gasteiger partial charge in [0.05, 0.1) is 12.5 Å². The molecule has 2 N–H and O–H groups in total. The summed E-state index contributed by atoms with van der Waals surface area (Å²) in [6, 6.07) is 1.79. The van der Waals surface area contributed by atoms with Crippen LogP contribution in [0.15, 0.2) is 6.07 Å². The normalized spacial score (nSPS) is 16.6. The summed E-state index contributed by atoms with van der Waals surface area (Å²) in [7, 11) is 1.53. The number of phenols is 1. The van der Waals surface area contributed by atoms with E-state index in [9.17, 15) is 15.0 Å². The second-order valence-corrected chi connectivity index (χ2v) is 4.63. The van der Waals surface area contributed by atoms with Crippen molar-refractivity contribution in [3.63, 3.8) is 0 Å². The van der Waals surface area contributed by atoms with Crippen LogP contribution in [0.3, 0.4) is 0 Å². The van der Waals surface area contributed by atoms with Crippen molar-refractivity contribution in [2.75, 3.05) is 7.11 Å². The SMILES string of the molecule is COc1cc(C)c(C2(C(=O)O)CC2)c(O)c1C. The van der Waals surface area contributed by atoms with E-state index < -0.39 is 11.4 Å². The van der Waals surface area contributed by atoms with Crippen LogP contribution in [0.2, 0.25) is 0 Å². The number of phenolic OH excluding ortho intramolecular Hbond substituents is 1. The van der Waals surface area contributed by atoms with Gasteiger partial charge in [-0.3, -0.25) is 4.79 Å². The summed E-state index contributed by atoms with van der Waals surface area (Å²) in [6.07, 6.45) is 1.17. The lowest BCUT2D eigenvalue weighted by molar-refractivity contribution is -0.140. The highest BCUT2D eigenvalue weighted by Gasteiger charge is 2.54. The molecule has 0 aliphatic heterocycles. The Morgan fingerprint density at radius 2 is 2.00 bits per heavy atom. The molecule has 0 saturated heterocycles. The molecule has 0 unspecified atom stereocenters. The average molecular weight is 236 g/mol. The maximum absolute atomic E-state index is 11.3. The van der Waals surface area contributed by atoms with Crippen LogP contribution in [0.25, 0.3) is 0 Å². The molecule has 1 aliphatic carbocycles. The average Bonchev–Trinajstić information content (AvgIpc) is 3.05. The molecule has 2 rings (SSSR count). The number of benzene rings is 1. The number of carbonyl (C=O) groups is 1. The van der Waals surface area contributed by atoms with Crippen molar-refractivity contribution < 1.29 is 19.7 Å². The quantitative estimate of drug-likeness (QED) is 0.843. The third-order valence-electron chi connectivity index (χ3n) is 3.56. The summed E-state index contributed by atoms with van der Waals surface area (Å²) in [5, 5.41) is 19.5. The summed E-state index contributed by atoms with van der Waals surface area (Å²) in [5.41, 5.74) is 1.03. The lowest BCUT2D eigenvalue weighted by Gasteiger charge is -2.19. The Balaban J connectivity index is 2.64. The maximum Gasteiger partial charge on any atom is 0.314 e. The van der Waals surface area contributed by atoms with Gasteiger partial charge in [-0.2, -0.15) is 0 Å². The summed E-state index contributed by atoms with van der Waals surface area (Å²) in [5.74, 6) is -0.216. The highest BCUT2D eigenvalue weighted by atomic mass is 16.5. The fraction of sp³-hybridized carbons (Fsp3) is 0.462. The van der Waals surface area contributed by atoms with Gasteiger partial charge in [0.15, 0.2) is 0 Å². The predicted octanol–water partition coefficient (Wildman–Crippen LogP) is 2.13. The minimum absolute atomic E-state index is 0.0572. The van der Waals surface area contributed by atoms with E-state index in [4.69, 9.17) is 4.74 Å². The predicted molar refractivity (Wildman–Crippen MR) is 62.7 cm³/mol. The van der Waals surface area contributed by atoms with Crippen molar-refractivity contribution in [3.8, 4) is 11.5 Å². The fourth-order valence-electron chi connectivity index (χ4n) is 2.38. The van der Waals surface area contributed by atoms with E-state index in [0.717, 1.165) is 5.56 Å². The van der Waals surface area contributed by atoms with Crippen LogP contribution in [0.5, 0.6) is 11.5 Å². The lowest BCUT2D eigenvalue weighted by atomic mass is 9.89. The van der Waals surface area contributed by atoms with Crippen molar-refractivity contribution in [2.24, 2.45) is 0 Å². The molecule has 0 spiro atoms. The van der Waals surface area contributed by atoms with Gasteiger partial charge in [-0.05, 0) is 38.3 Å². The van der Waals surface area contributed by atoms with Gasteiger partial charge in [0.2, 0.25) is 0 Å². The second kappa shape index (κ2) is 3.65. The van der Waals surface area contributed by atoms with Crippen LogP contribution in [-0.4, -0.2) is 23.3 Å². The molecule has 0 radical (unpaired) electrons. The lowest BCUT2D eigenvalue weighted by Crippen LogP contribution is -2.21. The van der Waals surface area contributed by atoms with E-state index >= 15 is 0 Å². The molecular formula is C13H16O4. The molecule has 4 heteroatoms. The zero-order valence-electron chi connectivity index (χ0n) is 10.2. The molecular weight excluding hydrogens is 220 g/mol. The molecule has 1 aliphatic rings. The Hall–Kier alpha value is -1.71. The number of rotatable bonds is 3. The molecule has 1 aromatic carbocycles. The van der Waals surface area contributed by atoms with E-state index in [1.54, 1.807) is 19.9 Å². The number of aliphatic carboxylic acids is 1. The van der Waals surface area contributed by atoms with E-state index in [-0.39, 0.29) is 5.75 Å². The van der Waals surface area contributed by atoms with Crippen molar-refractivity contribution in [1.82, 2.24) is 0 Å². The molecule has 1 aromatic rings. The zero-order valence-corrected chi connectivity index (χ0v) is 10.2. The molecule has 0 atom stereocenters. The van der Waals surface area contributed by atoms with E-state index in [1.165, 1.54) is 7.11 Å². The highest BCUT2D eigenvalue weighted by Crippen LogP contribution is 2.54. The summed E-state index contributed by atoms with van der Waals surface area (Å²) in [6.45, 7) is 3.54. The topological polar surface area (TPSA) is 66.8 Å². The number of carboxylic acid groups (broad SMARTS) is 1. The largest absolute Gasteiger partial charge is 0.507 e. The van der Waals surface area contributed by atoms with Crippen LogP contribution >= 0.6 is 0 Å². The Morgan fingerprint density at radius 1 is 1.41 bits per heavy atom. The first-order chi connectivity index (χ1) is 7.94. The zero-order chi connectivity index (χ0) is 12.8. The first-order valence-corrected chi connectivity index (χ1v) is 5.55. The van der Waals surface area contributed by atoms with Gasteiger partial charge in [-0.25, -0.2) is 0 Å². The number of carboxylic acids is 1. The molecule has 1 fully saturated rings. The minimum atomic E-state index is -0.884. The van der Waals surface area contributed by atoms with Crippen LogP contribution in [0.4, 0.5) is 0 Å². The fourth-order valence-corrected chi connectivity index (χ4v) is 2.38. The number of aryl methyl sites for hydroxylation is 1. The maximum atomic E-state index is 11.3. The Labute approximate surface area is 99.8 Å². The Morgan fingerprint density at radius 3 is 2.41 bits per heavy atom. The molecule has 0 bridgehead atoms. The molecule has 1 saturated carbocycles. The number of methoxy groups -OCH3 is 1. The van der Waals surface area contributed by atoms with E-state index in [0.29, 0.717) is 29.7 Å². The van der Waals surface area contributed by atoms with Gasteiger partial charge < -0.3 is 14.9 Å². The van der Waals surface area contributed by atoms with Crippen LogP contribution in [0, 0.1) is 13.8 Å². The van der Waals surface area contributed by atoms with Crippen LogP contribution < -0.4 is 4.74 Å². The van der Waals surface area contributed by atoms with Gasteiger partial charge in [0.25, 0.3) is 0 Å². The molecule has 17 heavy (non-hydrogen) atoms. The molecule has 0 amide bonds. The minimum Gasteiger partial charge on any atom is -0.507 e. The Kier molecular flexibility index (Phi) is 2.53. The molecule has 0 aromatic heterocycles. The van der Waals surface area contributed by atoms with Gasteiger partial charge in [-0.15, -0.1) is 0 Å². The van der Waals surface area contributed by atoms with Gasteiger partial charge in [0.1, 0.15) is 11.5 Å². The van der Waals surface area contributed by atoms with Crippen molar-refractivity contribution in [3.05, 3.63) is 22.8 Å². The third-order valence-corrected chi connectivity index (χ3v) is 3.56. The summed E-state index contributed by atoms with van der Waals surface area (Å²) in [4.78, 5) is 11.3. The van der Waals surface area contributed by atoms with Crippen molar-refractivity contribution >= 4 is 5.97 Å². The van der Waals surface area contributed by atoms with Gasteiger partial charge in [-0.1, -0.05) is 0 Å². The number of hydrogen-bond donors (Lipinski definition) is 2. The number of hydrogen-bond acceptors (Lipinski definition) is 3. The second-order valence-electron chi connectivity index (χ2n) is 4.63.